The second kappa shape index (κ2) is 6.47. The lowest BCUT2D eigenvalue weighted by Gasteiger charge is -2.47. The van der Waals surface area contributed by atoms with Gasteiger partial charge in [0.05, 0.1) is 20.8 Å². The number of rotatable bonds is 4. The molecule has 1 aliphatic rings. The molecule has 1 atom stereocenters. The van der Waals surface area contributed by atoms with E-state index in [4.69, 9.17) is 13.9 Å². The fourth-order valence-corrected chi connectivity index (χ4v) is 3.72. The third-order valence-corrected chi connectivity index (χ3v) is 4.96. The van der Waals surface area contributed by atoms with E-state index < -0.39 is 5.97 Å². The molecule has 2 heterocycles. The number of methoxy groups -OCH3 is 2. The van der Waals surface area contributed by atoms with E-state index in [0.29, 0.717) is 12.5 Å². The highest BCUT2D eigenvalue weighted by Crippen LogP contribution is 2.45. The van der Waals surface area contributed by atoms with E-state index in [1.165, 1.54) is 12.7 Å². The molecule has 5 heteroatoms. The molecular weight excluding hydrogens is 318 g/mol. The second-order valence-electron chi connectivity index (χ2n) is 7.19. The van der Waals surface area contributed by atoms with Crippen molar-refractivity contribution in [3.63, 3.8) is 0 Å². The van der Waals surface area contributed by atoms with Crippen molar-refractivity contribution in [1.82, 2.24) is 0 Å². The fourth-order valence-electron chi connectivity index (χ4n) is 3.72. The molecule has 0 amide bonds. The van der Waals surface area contributed by atoms with Gasteiger partial charge in [0, 0.05) is 17.3 Å². The van der Waals surface area contributed by atoms with Crippen LogP contribution >= 0.6 is 0 Å². The van der Waals surface area contributed by atoms with Gasteiger partial charge in [0.15, 0.2) is 0 Å². The molecule has 25 heavy (non-hydrogen) atoms. The standard InChI is InChI=1S/C20H25NO4/c1-13-11-20(2,3)21(17-10-14(23-4)6-8-16(13)17)12-15-7-9-18(25-15)19(22)24-5/h6-10,13H,11-12H2,1-5H3/t13-/m1/s1. The van der Waals surface area contributed by atoms with Gasteiger partial charge in [-0.05, 0) is 49.9 Å². The summed E-state index contributed by atoms with van der Waals surface area (Å²) >= 11 is 0. The van der Waals surface area contributed by atoms with Crippen molar-refractivity contribution in [3.05, 3.63) is 47.4 Å². The highest BCUT2D eigenvalue weighted by atomic mass is 16.5. The van der Waals surface area contributed by atoms with Gasteiger partial charge in [-0.25, -0.2) is 4.79 Å². The van der Waals surface area contributed by atoms with Crippen molar-refractivity contribution in [1.29, 1.82) is 0 Å². The Hall–Kier alpha value is -2.43. The summed E-state index contributed by atoms with van der Waals surface area (Å²) in [5, 5.41) is 0. The SMILES string of the molecule is COC(=O)c1ccc(CN2c3cc(OC)ccc3[C@H](C)CC2(C)C)o1. The number of benzene rings is 1. The molecular formula is C20H25NO4. The Balaban J connectivity index is 1.97. The molecule has 0 N–H and O–H groups in total. The molecule has 0 saturated carbocycles. The second-order valence-corrected chi connectivity index (χ2v) is 7.19. The van der Waals surface area contributed by atoms with Crippen LogP contribution in [0.4, 0.5) is 5.69 Å². The summed E-state index contributed by atoms with van der Waals surface area (Å²) in [5.74, 6) is 1.81. The Labute approximate surface area is 148 Å². The maximum Gasteiger partial charge on any atom is 0.373 e. The Morgan fingerprint density at radius 2 is 2.04 bits per heavy atom. The minimum absolute atomic E-state index is 0.0446. The van der Waals surface area contributed by atoms with Crippen LogP contribution in [-0.2, 0) is 11.3 Å². The zero-order chi connectivity index (χ0) is 18.2. The number of carbonyl (C=O) groups excluding carboxylic acids is 1. The maximum atomic E-state index is 11.6. The van der Waals surface area contributed by atoms with Crippen LogP contribution in [0.1, 0.15) is 55.0 Å². The minimum Gasteiger partial charge on any atom is -0.497 e. The van der Waals surface area contributed by atoms with E-state index in [9.17, 15) is 4.79 Å². The average Bonchev–Trinajstić information content (AvgIpc) is 3.05. The summed E-state index contributed by atoms with van der Waals surface area (Å²) in [7, 11) is 3.03. The topological polar surface area (TPSA) is 51.9 Å². The highest BCUT2D eigenvalue weighted by Gasteiger charge is 2.37. The summed E-state index contributed by atoms with van der Waals surface area (Å²) in [6, 6.07) is 9.72. The van der Waals surface area contributed by atoms with Gasteiger partial charge in [-0.15, -0.1) is 0 Å². The first kappa shape index (κ1) is 17.4. The van der Waals surface area contributed by atoms with Gasteiger partial charge >= 0.3 is 5.97 Å². The number of furan rings is 1. The first-order valence-corrected chi connectivity index (χ1v) is 8.48. The summed E-state index contributed by atoms with van der Waals surface area (Å²) in [6.45, 7) is 7.30. The van der Waals surface area contributed by atoms with Gasteiger partial charge in [-0.2, -0.15) is 0 Å². The Kier molecular flexibility index (Phi) is 4.50. The summed E-state index contributed by atoms with van der Waals surface area (Å²) < 4.78 is 15.8. The van der Waals surface area contributed by atoms with E-state index in [0.717, 1.165) is 23.6 Å². The molecule has 0 bridgehead atoms. The van der Waals surface area contributed by atoms with Crippen LogP contribution in [0.25, 0.3) is 0 Å². The lowest BCUT2D eigenvalue weighted by molar-refractivity contribution is 0.0563. The normalized spacial score (nSPS) is 18.6. The lowest BCUT2D eigenvalue weighted by atomic mass is 9.80. The number of anilines is 1. The molecule has 0 spiro atoms. The third-order valence-electron chi connectivity index (χ3n) is 4.96. The monoisotopic (exact) mass is 343 g/mol. The molecule has 0 fully saturated rings. The summed E-state index contributed by atoms with van der Waals surface area (Å²) in [4.78, 5) is 13.9. The first-order chi connectivity index (χ1) is 11.9. The molecule has 5 nitrogen and oxygen atoms in total. The van der Waals surface area contributed by atoms with Crippen molar-refractivity contribution in [3.8, 4) is 5.75 Å². The van der Waals surface area contributed by atoms with E-state index in [1.54, 1.807) is 13.2 Å². The third kappa shape index (κ3) is 3.23. The summed E-state index contributed by atoms with van der Waals surface area (Å²) in [5.41, 5.74) is 2.41. The highest BCUT2D eigenvalue weighted by molar-refractivity contribution is 5.86. The Morgan fingerprint density at radius 3 is 2.72 bits per heavy atom. The number of carbonyl (C=O) groups is 1. The Bertz CT molecular complexity index is 778. The van der Waals surface area contributed by atoms with Crippen molar-refractivity contribution < 1.29 is 18.7 Å². The van der Waals surface area contributed by atoms with Gasteiger partial charge in [0.25, 0.3) is 0 Å². The fraction of sp³-hybridized carbons (Fsp3) is 0.450. The van der Waals surface area contributed by atoms with Crippen molar-refractivity contribution in [2.24, 2.45) is 0 Å². The predicted octanol–water partition coefficient (Wildman–Crippen LogP) is 4.37. The van der Waals surface area contributed by atoms with Gasteiger partial charge in [0.1, 0.15) is 11.5 Å². The molecule has 2 aromatic rings. The molecule has 1 aliphatic heterocycles. The van der Waals surface area contributed by atoms with Crippen molar-refractivity contribution >= 4 is 11.7 Å². The van der Waals surface area contributed by atoms with Crippen LogP contribution < -0.4 is 9.64 Å². The van der Waals surface area contributed by atoms with Gasteiger partial charge in [-0.3, -0.25) is 0 Å². The molecule has 0 radical (unpaired) electrons. The largest absolute Gasteiger partial charge is 0.497 e. The zero-order valence-electron chi connectivity index (χ0n) is 15.5. The van der Waals surface area contributed by atoms with Gasteiger partial charge < -0.3 is 18.8 Å². The van der Waals surface area contributed by atoms with Crippen LogP contribution in [0.3, 0.4) is 0 Å². The van der Waals surface area contributed by atoms with Crippen LogP contribution in [0, 0.1) is 0 Å². The first-order valence-electron chi connectivity index (χ1n) is 8.48. The average molecular weight is 343 g/mol. The smallest absolute Gasteiger partial charge is 0.373 e. The molecule has 134 valence electrons. The van der Waals surface area contributed by atoms with Crippen molar-refractivity contribution in [2.45, 2.75) is 45.2 Å². The van der Waals surface area contributed by atoms with Gasteiger partial charge in [0.2, 0.25) is 5.76 Å². The number of ether oxygens (including phenoxy) is 2. The van der Waals surface area contributed by atoms with E-state index >= 15 is 0 Å². The number of fused-ring (bicyclic) bond motifs is 1. The number of esters is 1. The number of nitrogens with zero attached hydrogens (tertiary/aromatic N) is 1. The van der Waals surface area contributed by atoms with E-state index in [2.05, 4.69) is 37.8 Å². The maximum absolute atomic E-state index is 11.6. The van der Waals surface area contributed by atoms with Crippen LogP contribution in [-0.4, -0.2) is 25.7 Å². The van der Waals surface area contributed by atoms with Crippen LogP contribution in [0.2, 0.25) is 0 Å². The predicted molar refractivity (Wildman–Crippen MR) is 96.3 cm³/mol. The van der Waals surface area contributed by atoms with Crippen molar-refractivity contribution in [2.75, 3.05) is 19.1 Å². The minimum atomic E-state index is -0.458. The van der Waals surface area contributed by atoms with Crippen LogP contribution in [0.15, 0.2) is 34.7 Å². The van der Waals surface area contributed by atoms with Crippen LogP contribution in [0.5, 0.6) is 5.75 Å². The van der Waals surface area contributed by atoms with E-state index in [-0.39, 0.29) is 11.3 Å². The molecule has 3 rings (SSSR count). The molecule has 1 aromatic heterocycles. The molecule has 1 aromatic carbocycles. The summed E-state index contributed by atoms with van der Waals surface area (Å²) in [6.07, 6.45) is 1.04. The Morgan fingerprint density at radius 1 is 1.28 bits per heavy atom. The molecule has 0 saturated heterocycles. The number of hydrogen-bond donors (Lipinski definition) is 0. The quantitative estimate of drug-likeness (QED) is 0.772. The number of hydrogen-bond acceptors (Lipinski definition) is 5. The molecule has 0 unspecified atom stereocenters. The van der Waals surface area contributed by atoms with Gasteiger partial charge in [-0.1, -0.05) is 13.0 Å². The lowest BCUT2D eigenvalue weighted by Crippen LogP contribution is -2.47. The van der Waals surface area contributed by atoms with E-state index in [1.807, 2.05) is 12.1 Å². The zero-order valence-corrected chi connectivity index (χ0v) is 15.5. The molecule has 0 aliphatic carbocycles.